The quantitative estimate of drug-likeness (QED) is 0.864. The van der Waals surface area contributed by atoms with Gasteiger partial charge < -0.3 is 5.73 Å². The molecule has 0 amide bonds. The molecule has 2 nitrogen and oxygen atoms in total. The SMILES string of the molecule is CCC1(C(C)C)CCCc2sc(N)c(C#N)c21. The average Bonchev–Trinajstić information content (AvgIpc) is 2.63. The maximum Gasteiger partial charge on any atom is 0.104 e. The van der Waals surface area contributed by atoms with Gasteiger partial charge in [-0.2, -0.15) is 5.26 Å². The van der Waals surface area contributed by atoms with Crippen molar-refractivity contribution in [2.24, 2.45) is 5.92 Å². The second kappa shape index (κ2) is 4.34. The van der Waals surface area contributed by atoms with Crippen molar-refractivity contribution in [3.05, 3.63) is 16.0 Å². The van der Waals surface area contributed by atoms with Crippen molar-refractivity contribution < 1.29 is 0 Å². The number of hydrogen-bond acceptors (Lipinski definition) is 3. The van der Waals surface area contributed by atoms with Gasteiger partial charge in [0.15, 0.2) is 0 Å². The Kier molecular flexibility index (Phi) is 3.18. The van der Waals surface area contributed by atoms with Crippen LogP contribution >= 0.6 is 11.3 Å². The lowest BCUT2D eigenvalue weighted by Gasteiger charge is -2.41. The van der Waals surface area contributed by atoms with Crippen molar-refractivity contribution >= 4 is 16.3 Å². The van der Waals surface area contributed by atoms with Gasteiger partial charge in [0.2, 0.25) is 0 Å². The van der Waals surface area contributed by atoms with Crippen LogP contribution in [0, 0.1) is 17.2 Å². The number of nitrogens with zero attached hydrogens (tertiary/aromatic N) is 1. The van der Waals surface area contributed by atoms with Crippen LogP contribution < -0.4 is 5.73 Å². The number of nitriles is 1. The second-order valence-corrected chi connectivity index (χ2v) is 6.41. The zero-order valence-corrected chi connectivity index (χ0v) is 11.7. The molecule has 92 valence electrons. The maximum atomic E-state index is 9.35. The number of nitrogens with two attached hydrogens (primary N) is 1. The van der Waals surface area contributed by atoms with Gasteiger partial charge in [-0.1, -0.05) is 20.8 Å². The summed E-state index contributed by atoms with van der Waals surface area (Å²) >= 11 is 1.63. The molecule has 0 saturated carbocycles. The first-order chi connectivity index (χ1) is 8.06. The van der Waals surface area contributed by atoms with Crippen molar-refractivity contribution in [2.75, 3.05) is 5.73 Å². The van der Waals surface area contributed by atoms with Crippen molar-refractivity contribution in [3.63, 3.8) is 0 Å². The standard InChI is InChI=1S/C14H20N2S/c1-4-14(9(2)3)7-5-6-11-12(14)10(8-15)13(16)17-11/h9H,4-7,16H2,1-3H3. The molecule has 2 rings (SSSR count). The summed E-state index contributed by atoms with van der Waals surface area (Å²) in [4.78, 5) is 1.36. The molecule has 1 heterocycles. The van der Waals surface area contributed by atoms with E-state index >= 15 is 0 Å². The zero-order chi connectivity index (χ0) is 12.6. The van der Waals surface area contributed by atoms with E-state index in [0.29, 0.717) is 5.92 Å². The Morgan fingerprint density at radius 1 is 1.53 bits per heavy atom. The smallest absolute Gasteiger partial charge is 0.104 e. The highest BCUT2D eigenvalue weighted by Crippen LogP contribution is 2.50. The molecular formula is C14H20N2S. The monoisotopic (exact) mass is 248 g/mol. The van der Waals surface area contributed by atoms with E-state index in [2.05, 4.69) is 26.8 Å². The Balaban J connectivity index is 2.68. The molecule has 0 aliphatic heterocycles. The van der Waals surface area contributed by atoms with Crippen LogP contribution in [0.3, 0.4) is 0 Å². The molecule has 2 N–H and O–H groups in total. The number of hydrogen-bond donors (Lipinski definition) is 1. The van der Waals surface area contributed by atoms with Crippen molar-refractivity contribution in [3.8, 4) is 6.07 Å². The predicted octanol–water partition coefficient (Wildman–Crippen LogP) is 3.84. The third-order valence-corrected chi connectivity index (χ3v) is 5.46. The van der Waals surface area contributed by atoms with Crippen LogP contribution in [0.4, 0.5) is 5.00 Å². The third kappa shape index (κ3) is 1.66. The summed E-state index contributed by atoms with van der Waals surface area (Å²) < 4.78 is 0. The van der Waals surface area contributed by atoms with E-state index in [1.807, 2.05) is 0 Å². The van der Waals surface area contributed by atoms with E-state index in [1.165, 1.54) is 23.3 Å². The Labute approximate surface area is 107 Å². The molecule has 1 atom stereocenters. The molecule has 1 aliphatic carbocycles. The van der Waals surface area contributed by atoms with Crippen LogP contribution in [0.2, 0.25) is 0 Å². The minimum atomic E-state index is 0.173. The summed E-state index contributed by atoms with van der Waals surface area (Å²) in [6.45, 7) is 6.78. The molecule has 1 aliphatic rings. The lowest BCUT2D eigenvalue weighted by atomic mass is 9.63. The van der Waals surface area contributed by atoms with Gasteiger partial charge in [0.05, 0.1) is 5.56 Å². The van der Waals surface area contributed by atoms with E-state index in [1.54, 1.807) is 11.3 Å². The van der Waals surface area contributed by atoms with Gasteiger partial charge in [0, 0.05) is 4.88 Å². The Hall–Kier alpha value is -1.01. The van der Waals surface area contributed by atoms with E-state index in [-0.39, 0.29) is 5.41 Å². The first kappa shape index (κ1) is 12.4. The van der Waals surface area contributed by atoms with Gasteiger partial charge >= 0.3 is 0 Å². The summed E-state index contributed by atoms with van der Waals surface area (Å²) in [5.74, 6) is 0.563. The molecule has 0 aromatic carbocycles. The molecule has 0 radical (unpaired) electrons. The topological polar surface area (TPSA) is 49.8 Å². The fourth-order valence-corrected chi connectivity index (χ4v) is 4.51. The van der Waals surface area contributed by atoms with Gasteiger partial charge in [-0.3, -0.25) is 0 Å². The Morgan fingerprint density at radius 2 is 2.24 bits per heavy atom. The van der Waals surface area contributed by atoms with Crippen LogP contribution in [0.15, 0.2) is 0 Å². The van der Waals surface area contributed by atoms with E-state index in [4.69, 9.17) is 5.73 Å². The van der Waals surface area contributed by atoms with Gasteiger partial charge in [-0.05, 0) is 42.6 Å². The second-order valence-electron chi connectivity index (χ2n) is 5.27. The van der Waals surface area contributed by atoms with Crippen LogP contribution in [0.25, 0.3) is 0 Å². The number of fused-ring (bicyclic) bond motifs is 1. The molecule has 1 aromatic heterocycles. The number of anilines is 1. The maximum absolute atomic E-state index is 9.35. The van der Waals surface area contributed by atoms with Crippen LogP contribution in [-0.4, -0.2) is 0 Å². The molecule has 0 bridgehead atoms. The zero-order valence-electron chi connectivity index (χ0n) is 10.8. The Bertz CT molecular complexity index is 467. The largest absolute Gasteiger partial charge is 0.389 e. The summed E-state index contributed by atoms with van der Waals surface area (Å²) in [7, 11) is 0. The third-order valence-electron chi connectivity index (χ3n) is 4.38. The Morgan fingerprint density at radius 3 is 2.76 bits per heavy atom. The fourth-order valence-electron chi connectivity index (χ4n) is 3.34. The van der Waals surface area contributed by atoms with E-state index in [0.717, 1.165) is 23.4 Å². The lowest BCUT2D eigenvalue weighted by Crippen LogP contribution is -2.35. The first-order valence-corrected chi connectivity index (χ1v) is 7.20. The lowest BCUT2D eigenvalue weighted by molar-refractivity contribution is 0.254. The average molecular weight is 248 g/mol. The van der Waals surface area contributed by atoms with Crippen molar-refractivity contribution in [2.45, 2.75) is 51.9 Å². The number of rotatable bonds is 2. The highest BCUT2D eigenvalue weighted by atomic mass is 32.1. The molecule has 0 saturated heterocycles. The minimum absolute atomic E-state index is 0.173. The van der Waals surface area contributed by atoms with Gasteiger partial charge in [0.25, 0.3) is 0 Å². The summed E-state index contributed by atoms with van der Waals surface area (Å²) in [5.41, 5.74) is 8.22. The molecule has 1 unspecified atom stereocenters. The van der Waals surface area contributed by atoms with Gasteiger partial charge in [0.1, 0.15) is 11.1 Å². The van der Waals surface area contributed by atoms with Crippen molar-refractivity contribution in [1.29, 1.82) is 5.26 Å². The molecule has 17 heavy (non-hydrogen) atoms. The highest BCUT2D eigenvalue weighted by molar-refractivity contribution is 7.16. The molecule has 1 aromatic rings. The van der Waals surface area contributed by atoms with Crippen LogP contribution in [0.5, 0.6) is 0 Å². The fraction of sp³-hybridized carbons (Fsp3) is 0.643. The summed E-state index contributed by atoms with van der Waals surface area (Å²) in [5, 5.41) is 10.1. The minimum Gasteiger partial charge on any atom is -0.389 e. The first-order valence-electron chi connectivity index (χ1n) is 6.38. The molecule has 3 heteroatoms. The number of thiophene rings is 1. The van der Waals surface area contributed by atoms with Crippen LogP contribution in [-0.2, 0) is 11.8 Å². The number of aryl methyl sites for hydroxylation is 1. The van der Waals surface area contributed by atoms with Gasteiger partial charge in [-0.25, -0.2) is 0 Å². The van der Waals surface area contributed by atoms with E-state index in [9.17, 15) is 5.26 Å². The molecule has 0 spiro atoms. The van der Waals surface area contributed by atoms with Crippen molar-refractivity contribution in [1.82, 2.24) is 0 Å². The van der Waals surface area contributed by atoms with E-state index < -0.39 is 0 Å². The highest BCUT2D eigenvalue weighted by Gasteiger charge is 2.41. The number of nitrogen functional groups attached to an aromatic ring is 1. The van der Waals surface area contributed by atoms with Gasteiger partial charge in [-0.15, -0.1) is 11.3 Å². The predicted molar refractivity (Wildman–Crippen MR) is 73.2 cm³/mol. The molecule has 0 fully saturated rings. The van der Waals surface area contributed by atoms with Crippen LogP contribution in [0.1, 0.15) is 56.0 Å². The normalized spacial score (nSPS) is 23.5. The summed E-state index contributed by atoms with van der Waals surface area (Å²) in [6, 6.07) is 2.33. The summed E-state index contributed by atoms with van der Waals surface area (Å²) in [6.07, 6.45) is 4.62. The molecular weight excluding hydrogens is 228 g/mol.